The topological polar surface area (TPSA) is 70.7 Å². The Morgan fingerprint density at radius 2 is 2.00 bits per heavy atom. The fraction of sp³-hybridized carbons (Fsp3) is 0.133. The monoisotopic (exact) mass is 384 g/mol. The Labute approximate surface area is 148 Å². The summed E-state index contributed by atoms with van der Waals surface area (Å²) >= 11 is 1.68. The minimum atomic E-state index is -4.74. The molecule has 3 rings (SSSR count). The molecule has 0 aliphatic carbocycles. The molecule has 3 aromatic rings. The van der Waals surface area contributed by atoms with Gasteiger partial charge in [0.05, 0.1) is 0 Å². The highest BCUT2D eigenvalue weighted by Gasteiger charge is 2.46. The number of halogens is 3. The number of aromatic nitrogens is 3. The minimum absolute atomic E-state index is 0.147. The molecule has 2 heterocycles. The Hall–Kier alpha value is -2.33. The van der Waals surface area contributed by atoms with Gasteiger partial charge in [-0.05, 0) is 23.6 Å². The third-order valence-corrected chi connectivity index (χ3v) is 4.85. The van der Waals surface area contributed by atoms with Crippen LogP contribution in [-0.4, -0.2) is 32.5 Å². The van der Waals surface area contributed by atoms with E-state index < -0.39 is 17.3 Å². The first-order valence-corrected chi connectivity index (χ1v) is 8.80. The van der Waals surface area contributed by atoms with Gasteiger partial charge in [-0.1, -0.05) is 30.0 Å². The molecule has 0 fully saturated rings. The highest BCUT2D eigenvalue weighted by Crippen LogP contribution is 2.35. The average molecular weight is 384 g/mol. The van der Waals surface area contributed by atoms with Crippen LogP contribution in [-0.2, 0) is 4.79 Å². The molecule has 0 saturated heterocycles. The quantitative estimate of drug-likeness (QED) is 0.647. The van der Waals surface area contributed by atoms with Gasteiger partial charge in [0.15, 0.2) is 11.1 Å². The number of hydrogen-bond donors (Lipinski definition) is 2. The van der Waals surface area contributed by atoms with Crippen molar-refractivity contribution in [3.8, 4) is 11.4 Å². The number of alkyl halides is 3. The number of rotatable bonds is 5. The van der Waals surface area contributed by atoms with Crippen LogP contribution in [0.2, 0.25) is 0 Å². The van der Waals surface area contributed by atoms with Crippen molar-refractivity contribution in [3.63, 3.8) is 0 Å². The lowest BCUT2D eigenvalue weighted by Gasteiger charge is -2.17. The normalized spacial score (nSPS) is 12.8. The fourth-order valence-corrected chi connectivity index (χ4v) is 3.32. The zero-order valence-corrected chi connectivity index (χ0v) is 14.1. The van der Waals surface area contributed by atoms with Gasteiger partial charge < -0.3 is 5.32 Å². The van der Waals surface area contributed by atoms with Crippen LogP contribution < -0.4 is 5.32 Å². The molecule has 0 radical (unpaired) electrons. The summed E-state index contributed by atoms with van der Waals surface area (Å²) in [6, 6.07) is 9.73. The number of para-hydroxylation sites is 1. The number of aromatic amines is 1. The molecule has 130 valence electrons. The Kier molecular flexibility index (Phi) is 5.09. The van der Waals surface area contributed by atoms with Gasteiger partial charge in [-0.2, -0.15) is 24.5 Å². The number of benzene rings is 1. The molecule has 0 spiro atoms. The Morgan fingerprint density at radius 3 is 2.64 bits per heavy atom. The van der Waals surface area contributed by atoms with Crippen molar-refractivity contribution in [2.24, 2.45) is 0 Å². The summed E-state index contributed by atoms with van der Waals surface area (Å²) < 4.78 is 39.9. The maximum atomic E-state index is 13.3. The van der Waals surface area contributed by atoms with E-state index in [2.05, 4.69) is 20.5 Å². The van der Waals surface area contributed by atoms with Crippen LogP contribution in [0.15, 0.2) is 52.3 Å². The summed E-state index contributed by atoms with van der Waals surface area (Å²) in [4.78, 5) is 16.1. The van der Waals surface area contributed by atoms with Gasteiger partial charge in [0.2, 0.25) is 11.1 Å². The second-order valence-electron chi connectivity index (χ2n) is 4.87. The Bertz CT molecular complexity index is 834. The van der Waals surface area contributed by atoms with Crippen LogP contribution in [0.1, 0.15) is 0 Å². The molecule has 5 nitrogen and oxygen atoms in total. The second-order valence-corrected chi connectivity index (χ2v) is 6.73. The molecular formula is C15H11F3N4OS2. The lowest BCUT2D eigenvalue weighted by atomic mass is 10.3. The van der Waals surface area contributed by atoms with Crippen molar-refractivity contribution < 1.29 is 18.0 Å². The molecule has 1 aromatic carbocycles. The molecular weight excluding hydrogens is 373 g/mol. The summed E-state index contributed by atoms with van der Waals surface area (Å²) in [7, 11) is 0. The lowest BCUT2D eigenvalue weighted by molar-refractivity contribution is -0.146. The van der Waals surface area contributed by atoms with Gasteiger partial charge in [0.1, 0.15) is 0 Å². The number of nitrogens with zero attached hydrogens (tertiary/aromatic N) is 2. The third kappa shape index (κ3) is 4.40. The van der Waals surface area contributed by atoms with Gasteiger partial charge >= 0.3 is 6.18 Å². The van der Waals surface area contributed by atoms with Crippen molar-refractivity contribution in [1.82, 2.24) is 15.2 Å². The SMILES string of the molecule is O=C(Nc1ccccc1)C(Sc1n[nH]c(-c2ccsc2)n1)C(F)(F)F. The molecule has 2 N–H and O–H groups in total. The van der Waals surface area contributed by atoms with Crippen LogP contribution in [0.3, 0.4) is 0 Å². The third-order valence-electron chi connectivity index (χ3n) is 3.06. The molecule has 0 saturated carbocycles. The van der Waals surface area contributed by atoms with Gasteiger partial charge in [-0.15, -0.1) is 5.10 Å². The highest BCUT2D eigenvalue weighted by molar-refractivity contribution is 8.00. The molecule has 1 amide bonds. The van der Waals surface area contributed by atoms with Crippen LogP contribution in [0.5, 0.6) is 0 Å². The van der Waals surface area contributed by atoms with Crippen LogP contribution in [0.4, 0.5) is 18.9 Å². The molecule has 0 aliphatic rings. The van der Waals surface area contributed by atoms with Crippen molar-refractivity contribution >= 4 is 34.7 Å². The number of nitrogens with one attached hydrogen (secondary N) is 2. The predicted molar refractivity (Wildman–Crippen MR) is 90.5 cm³/mol. The van der Waals surface area contributed by atoms with Gasteiger partial charge in [0.25, 0.3) is 0 Å². The number of H-pyrrole nitrogens is 1. The lowest BCUT2D eigenvalue weighted by Crippen LogP contribution is -2.38. The van der Waals surface area contributed by atoms with E-state index in [0.29, 0.717) is 5.82 Å². The van der Waals surface area contributed by atoms with E-state index in [9.17, 15) is 18.0 Å². The first-order valence-electron chi connectivity index (χ1n) is 6.98. The Balaban J connectivity index is 1.76. The van der Waals surface area contributed by atoms with Crippen LogP contribution in [0, 0.1) is 0 Å². The van der Waals surface area contributed by atoms with Crippen molar-refractivity contribution in [2.45, 2.75) is 16.6 Å². The van der Waals surface area contributed by atoms with Crippen molar-refractivity contribution in [1.29, 1.82) is 0 Å². The van der Waals surface area contributed by atoms with Gasteiger partial charge in [0, 0.05) is 16.6 Å². The van der Waals surface area contributed by atoms with E-state index >= 15 is 0 Å². The molecule has 25 heavy (non-hydrogen) atoms. The highest BCUT2D eigenvalue weighted by atomic mass is 32.2. The van der Waals surface area contributed by atoms with E-state index in [4.69, 9.17) is 0 Å². The number of carbonyl (C=O) groups is 1. The number of carbonyl (C=O) groups excluding carboxylic acids is 1. The van der Waals surface area contributed by atoms with Crippen LogP contribution in [0.25, 0.3) is 11.4 Å². The van der Waals surface area contributed by atoms with E-state index in [1.807, 2.05) is 5.38 Å². The predicted octanol–water partition coefficient (Wildman–Crippen LogP) is 4.19. The average Bonchev–Trinajstić information content (AvgIpc) is 3.23. The smallest absolute Gasteiger partial charge is 0.325 e. The van der Waals surface area contributed by atoms with E-state index in [1.165, 1.54) is 23.5 Å². The number of thioether (sulfide) groups is 1. The molecule has 1 unspecified atom stereocenters. The summed E-state index contributed by atoms with van der Waals surface area (Å²) in [5.74, 6) is -0.821. The molecule has 10 heteroatoms. The number of hydrogen-bond acceptors (Lipinski definition) is 5. The summed E-state index contributed by atoms with van der Waals surface area (Å²) in [6.45, 7) is 0. The van der Waals surface area contributed by atoms with Gasteiger partial charge in [-0.3, -0.25) is 9.89 Å². The molecule has 0 aliphatic heterocycles. The number of amides is 1. The second kappa shape index (κ2) is 7.28. The van der Waals surface area contributed by atoms with E-state index in [-0.39, 0.29) is 22.6 Å². The summed E-state index contributed by atoms with van der Waals surface area (Å²) in [6.07, 6.45) is -4.74. The molecule has 0 bridgehead atoms. The number of anilines is 1. The zero-order chi connectivity index (χ0) is 17.9. The minimum Gasteiger partial charge on any atom is -0.325 e. The largest absolute Gasteiger partial charge is 0.409 e. The van der Waals surface area contributed by atoms with E-state index in [0.717, 1.165) is 5.56 Å². The summed E-state index contributed by atoms with van der Waals surface area (Å²) in [5, 5.41) is 9.74. The maximum Gasteiger partial charge on any atom is 0.409 e. The fourth-order valence-electron chi connectivity index (χ4n) is 1.93. The van der Waals surface area contributed by atoms with E-state index in [1.54, 1.807) is 29.6 Å². The molecule has 2 aromatic heterocycles. The standard InChI is InChI=1S/C15H11F3N4OS2/c16-15(17,18)11(13(23)19-10-4-2-1-3-5-10)25-14-20-12(21-22-14)9-6-7-24-8-9/h1-8,11H,(H,19,23)(H,20,21,22). The van der Waals surface area contributed by atoms with Gasteiger partial charge in [-0.25, -0.2) is 4.98 Å². The van der Waals surface area contributed by atoms with Crippen molar-refractivity contribution in [2.75, 3.05) is 5.32 Å². The first-order chi connectivity index (χ1) is 11.9. The first kappa shape index (κ1) is 17.5. The maximum absolute atomic E-state index is 13.3. The molecule has 1 atom stereocenters. The van der Waals surface area contributed by atoms with Crippen LogP contribution >= 0.6 is 23.1 Å². The zero-order valence-electron chi connectivity index (χ0n) is 12.4. The summed E-state index contributed by atoms with van der Waals surface area (Å²) in [5.41, 5.74) is 1.01. The van der Waals surface area contributed by atoms with Crippen molar-refractivity contribution in [3.05, 3.63) is 47.2 Å². The Morgan fingerprint density at radius 1 is 1.24 bits per heavy atom. The number of thiophene rings is 1.